The molecule has 2 N–H and O–H groups in total. The zero-order valence-corrected chi connectivity index (χ0v) is 13.5. The molecule has 1 amide bonds. The van der Waals surface area contributed by atoms with Gasteiger partial charge in [-0.15, -0.1) is 0 Å². The molecule has 1 atom stereocenters. The highest BCUT2D eigenvalue weighted by Gasteiger charge is 2.28. The van der Waals surface area contributed by atoms with E-state index in [1.807, 2.05) is 0 Å². The van der Waals surface area contributed by atoms with Crippen LogP contribution in [0.15, 0.2) is 18.2 Å². The van der Waals surface area contributed by atoms with Crippen LogP contribution in [-0.2, 0) is 4.79 Å². The van der Waals surface area contributed by atoms with Crippen LogP contribution in [0.3, 0.4) is 0 Å². The van der Waals surface area contributed by atoms with Crippen LogP contribution in [0.1, 0.15) is 19.3 Å². The molecule has 1 aromatic heterocycles. The topological polar surface area (TPSA) is 63.2 Å². The molecule has 1 aliphatic rings. The number of benzene rings is 1. The van der Waals surface area contributed by atoms with Crippen LogP contribution in [0.5, 0.6) is 5.75 Å². The molecule has 130 valence electrons. The lowest BCUT2D eigenvalue weighted by atomic mass is 10.0. The van der Waals surface area contributed by atoms with Crippen molar-refractivity contribution in [3.63, 3.8) is 0 Å². The van der Waals surface area contributed by atoms with E-state index in [9.17, 15) is 18.0 Å². The van der Waals surface area contributed by atoms with E-state index in [2.05, 4.69) is 15.6 Å². The van der Waals surface area contributed by atoms with Gasteiger partial charge in [-0.05, 0) is 37.6 Å². The lowest BCUT2D eigenvalue weighted by molar-refractivity contribution is -0.153. The molecule has 0 aliphatic carbocycles. The number of nitrogens with zero attached hydrogens (tertiary/aromatic N) is 1. The summed E-state index contributed by atoms with van der Waals surface area (Å²) in [4.78, 5) is 16.4. The Bertz CT molecular complexity index is 726. The fraction of sp³-hybridized carbons (Fsp3) is 0.467. The number of rotatable bonds is 4. The normalized spacial score (nSPS) is 18.5. The molecule has 1 aliphatic heterocycles. The quantitative estimate of drug-likeness (QED) is 0.879. The van der Waals surface area contributed by atoms with Crippen molar-refractivity contribution in [1.82, 2.24) is 10.3 Å². The molecule has 0 bridgehead atoms. The van der Waals surface area contributed by atoms with Gasteiger partial charge in [-0.2, -0.15) is 13.2 Å². The molecule has 24 heavy (non-hydrogen) atoms. The van der Waals surface area contributed by atoms with E-state index in [0.29, 0.717) is 15.3 Å². The molecule has 1 unspecified atom stereocenters. The molecule has 3 rings (SSSR count). The molecular weight excluding hydrogens is 343 g/mol. The summed E-state index contributed by atoms with van der Waals surface area (Å²) in [5.41, 5.74) is 0.603. The highest BCUT2D eigenvalue weighted by molar-refractivity contribution is 7.22. The van der Waals surface area contributed by atoms with Crippen molar-refractivity contribution in [2.75, 3.05) is 18.5 Å². The first kappa shape index (κ1) is 17.0. The summed E-state index contributed by atoms with van der Waals surface area (Å²) in [6.07, 6.45) is -1.53. The summed E-state index contributed by atoms with van der Waals surface area (Å²) in [6, 6.07) is 4.28. The SMILES string of the molecule is O=C(Nc1nc2ccc(OCC(F)(F)F)cc2s1)C1CCCCN1. The van der Waals surface area contributed by atoms with E-state index in [1.165, 1.54) is 23.5 Å². The Morgan fingerprint density at radius 3 is 2.96 bits per heavy atom. The third-order valence-corrected chi connectivity index (χ3v) is 4.55. The summed E-state index contributed by atoms with van der Waals surface area (Å²) in [7, 11) is 0. The highest BCUT2D eigenvalue weighted by atomic mass is 32.1. The van der Waals surface area contributed by atoms with Crippen LogP contribution >= 0.6 is 11.3 Å². The van der Waals surface area contributed by atoms with E-state index in [0.717, 1.165) is 25.8 Å². The first-order chi connectivity index (χ1) is 11.4. The largest absolute Gasteiger partial charge is 0.484 e. The fourth-order valence-corrected chi connectivity index (χ4v) is 3.38. The molecule has 0 spiro atoms. The molecule has 1 saturated heterocycles. The number of thiazole rings is 1. The molecule has 5 nitrogen and oxygen atoms in total. The third-order valence-electron chi connectivity index (χ3n) is 3.62. The number of halogens is 3. The lowest BCUT2D eigenvalue weighted by Crippen LogP contribution is -2.43. The van der Waals surface area contributed by atoms with Crippen molar-refractivity contribution in [2.24, 2.45) is 0 Å². The van der Waals surface area contributed by atoms with Gasteiger partial charge in [0.05, 0.1) is 16.3 Å². The molecule has 1 fully saturated rings. The van der Waals surface area contributed by atoms with E-state index in [4.69, 9.17) is 4.74 Å². The van der Waals surface area contributed by atoms with Gasteiger partial charge in [-0.25, -0.2) is 4.98 Å². The predicted octanol–water partition coefficient (Wildman–Crippen LogP) is 3.32. The maximum atomic E-state index is 12.2. The maximum absolute atomic E-state index is 12.2. The monoisotopic (exact) mass is 359 g/mol. The first-order valence-corrected chi connectivity index (χ1v) is 8.37. The van der Waals surface area contributed by atoms with Crippen LogP contribution in [0, 0.1) is 0 Å². The van der Waals surface area contributed by atoms with Gasteiger partial charge in [0.15, 0.2) is 11.7 Å². The number of hydrogen-bond donors (Lipinski definition) is 2. The number of ether oxygens (including phenoxy) is 1. The average Bonchev–Trinajstić information content (AvgIpc) is 2.94. The standard InChI is InChI=1S/C15H16F3N3O2S/c16-15(17,18)8-23-9-4-5-10-12(7-9)24-14(20-10)21-13(22)11-3-1-2-6-19-11/h4-5,7,11,19H,1-3,6,8H2,(H,20,21,22). The second-order valence-corrected chi connectivity index (χ2v) is 6.57. The van der Waals surface area contributed by atoms with Crippen LogP contribution < -0.4 is 15.4 Å². The molecular formula is C15H16F3N3O2S. The Hall–Kier alpha value is -1.87. The third kappa shape index (κ3) is 4.35. The smallest absolute Gasteiger partial charge is 0.422 e. The number of nitrogens with one attached hydrogen (secondary N) is 2. The van der Waals surface area contributed by atoms with Gasteiger partial charge in [0.2, 0.25) is 5.91 Å². The number of amides is 1. The summed E-state index contributed by atoms with van der Waals surface area (Å²) in [5, 5.41) is 6.34. The van der Waals surface area contributed by atoms with E-state index in [-0.39, 0.29) is 17.7 Å². The zero-order valence-electron chi connectivity index (χ0n) is 12.7. The van der Waals surface area contributed by atoms with Crippen molar-refractivity contribution in [2.45, 2.75) is 31.5 Å². The van der Waals surface area contributed by atoms with E-state index in [1.54, 1.807) is 6.07 Å². The van der Waals surface area contributed by atoms with Crippen molar-refractivity contribution in [1.29, 1.82) is 0 Å². The molecule has 2 heterocycles. The molecule has 0 saturated carbocycles. The summed E-state index contributed by atoms with van der Waals surface area (Å²) in [6.45, 7) is -0.522. The number of hydrogen-bond acceptors (Lipinski definition) is 5. The van der Waals surface area contributed by atoms with Crippen molar-refractivity contribution >= 4 is 32.6 Å². The van der Waals surface area contributed by atoms with Crippen LogP contribution in [0.25, 0.3) is 10.2 Å². The predicted molar refractivity (Wildman–Crippen MR) is 85.4 cm³/mol. The number of piperidine rings is 1. The Labute approximate surface area is 140 Å². The Morgan fingerprint density at radius 2 is 2.25 bits per heavy atom. The number of carbonyl (C=O) groups is 1. The molecule has 9 heteroatoms. The highest BCUT2D eigenvalue weighted by Crippen LogP contribution is 2.30. The minimum atomic E-state index is -4.38. The molecule has 0 radical (unpaired) electrons. The Kier molecular flexibility index (Phi) is 4.91. The van der Waals surface area contributed by atoms with Gasteiger partial charge < -0.3 is 15.4 Å². The van der Waals surface area contributed by atoms with Crippen molar-refractivity contribution < 1.29 is 22.7 Å². The summed E-state index contributed by atoms with van der Waals surface area (Å²) >= 11 is 1.21. The number of anilines is 1. The van der Waals surface area contributed by atoms with Gasteiger partial charge in [0.25, 0.3) is 0 Å². The van der Waals surface area contributed by atoms with Gasteiger partial charge in [0, 0.05) is 0 Å². The number of alkyl halides is 3. The van der Waals surface area contributed by atoms with E-state index >= 15 is 0 Å². The number of carbonyl (C=O) groups excluding carboxylic acids is 1. The minimum Gasteiger partial charge on any atom is -0.484 e. The maximum Gasteiger partial charge on any atom is 0.422 e. The van der Waals surface area contributed by atoms with Gasteiger partial charge in [-0.3, -0.25) is 4.79 Å². The molecule has 2 aromatic rings. The lowest BCUT2D eigenvalue weighted by Gasteiger charge is -2.21. The van der Waals surface area contributed by atoms with Crippen LogP contribution in [-0.4, -0.2) is 36.3 Å². The Morgan fingerprint density at radius 1 is 1.42 bits per heavy atom. The average molecular weight is 359 g/mol. The zero-order chi connectivity index (χ0) is 17.2. The van der Waals surface area contributed by atoms with Crippen LogP contribution in [0.4, 0.5) is 18.3 Å². The summed E-state index contributed by atoms with van der Waals surface area (Å²) < 4.78 is 41.9. The van der Waals surface area contributed by atoms with Crippen LogP contribution in [0.2, 0.25) is 0 Å². The number of fused-ring (bicyclic) bond motifs is 1. The second kappa shape index (κ2) is 6.94. The number of aromatic nitrogens is 1. The van der Waals surface area contributed by atoms with Gasteiger partial charge in [0.1, 0.15) is 5.75 Å². The molecule has 1 aromatic carbocycles. The van der Waals surface area contributed by atoms with Gasteiger partial charge in [-0.1, -0.05) is 17.8 Å². The Balaban J connectivity index is 1.68. The summed E-state index contributed by atoms with van der Waals surface area (Å²) in [5.74, 6) is -0.0161. The van der Waals surface area contributed by atoms with E-state index < -0.39 is 12.8 Å². The van der Waals surface area contributed by atoms with Crippen molar-refractivity contribution in [3.8, 4) is 5.75 Å². The van der Waals surface area contributed by atoms with Crippen molar-refractivity contribution in [3.05, 3.63) is 18.2 Å². The first-order valence-electron chi connectivity index (χ1n) is 7.55. The minimum absolute atomic E-state index is 0.121. The fourth-order valence-electron chi connectivity index (χ4n) is 2.48. The van der Waals surface area contributed by atoms with Gasteiger partial charge >= 0.3 is 6.18 Å². The second-order valence-electron chi connectivity index (χ2n) is 5.54.